The zero-order valence-corrected chi connectivity index (χ0v) is 12.7. The average molecular weight is 300 g/mol. The molecule has 4 heteroatoms. The number of amides is 1. The number of alkyl halides is 1. The van der Waals surface area contributed by atoms with E-state index in [2.05, 4.69) is 10.6 Å². The largest absolute Gasteiger partial charge is 0.352 e. The molecule has 0 saturated heterocycles. The highest BCUT2D eigenvalue weighted by Crippen LogP contribution is 2.24. The summed E-state index contributed by atoms with van der Waals surface area (Å²) in [4.78, 5) is 12.3. The Morgan fingerprint density at radius 2 is 1.77 bits per heavy atom. The van der Waals surface area contributed by atoms with Gasteiger partial charge in [-0.15, -0.1) is 0 Å². The summed E-state index contributed by atoms with van der Waals surface area (Å²) in [7, 11) is 1.89. The summed E-state index contributed by atoms with van der Waals surface area (Å²) in [6.45, 7) is 1.02. The lowest BCUT2D eigenvalue weighted by atomic mass is 9.98. The van der Waals surface area contributed by atoms with E-state index < -0.39 is 6.67 Å². The molecular weight excluding hydrogens is 279 g/mol. The molecule has 3 nitrogen and oxygen atoms in total. The third-order valence-electron chi connectivity index (χ3n) is 3.48. The van der Waals surface area contributed by atoms with Gasteiger partial charge in [0.1, 0.15) is 6.67 Å². The van der Waals surface area contributed by atoms with Gasteiger partial charge in [0.05, 0.1) is 0 Å². The molecule has 0 atom stereocenters. The van der Waals surface area contributed by atoms with Crippen molar-refractivity contribution in [2.45, 2.75) is 13.1 Å². The Morgan fingerprint density at radius 1 is 1.05 bits per heavy atom. The zero-order valence-electron chi connectivity index (χ0n) is 12.7. The molecule has 0 radical (unpaired) electrons. The SMILES string of the molecule is CNCCCNC(=O)c1ccccc1-c1ccc(CF)cc1. The maximum atomic E-state index is 12.6. The van der Waals surface area contributed by atoms with Crippen LogP contribution in [0.3, 0.4) is 0 Å². The van der Waals surface area contributed by atoms with Crippen LogP contribution in [-0.2, 0) is 6.67 Å². The van der Waals surface area contributed by atoms with Gasteiger partial charge in [0, 0.05) is 12.1 Å². The van der Waals surface area contributed by atoms with Crippen molar-refractivity contribution in [2.24, 2.45) is 0 Å². The molecule has 2 aromatic carbocycles. The van der Waals surface area contributed by atoms with Gasteiger partial charge in [-0.3, -0.25) is 4.79 Å². The number of halogens is 1. The van der Waals surface area contributed by atoms with Gasteiger partial charge >= 0.3 is 0 Å². The van der Waals surface area contributed by atoms with Crippen molar-refractivity contribution in [3.8, 4) is 11.1 Å². The topological polar surface area (TPSA) is 41.1 Å². The first-order valence-electron chi connectivity index (χ1n) is 7.43. The lowest BCUT2D eigenvalue weighted by molar-refractivity contribution is 0.0954. The van der Waals surface area contributed by atoms with Crippen LogP contribution in [-0.4, -0.2) is 26.0 Å². The van der Waals surface area contributed by atoms with Gasteiger partial charge in [-0.1, -0.05) is 42.5 Å². The number of benzene rings is 2. The number of nitrogens with one attached hydrogen (secondary N) is 2. The van der Waals surface area contributed by atoms with Gasteiger partial charge in [0.15, 0.2) is 0 Å². The summed E-state index contributed by atoms with van der Waals surface area (Å²) in [5, 5.41) is 5.97. The third-order valence-corrected chi connectivity index (χ3v) is 3.48. The number of rotatable bonds is 7. The zero-order chi connectivity index (χ0) is 15.8. The third kappa shape index (κ3) is 4.15. The van der Waals surface area contributed by atoms with Crippen molar-refractivity contribution in [1.29, 1.82) is 0 Å². The van der Waals surface area contributed by atoms with Crippen LogP contribution in [0.1, 0.15) is 22.3 Å². The molecule has 0 aliphatic carbocycles. The maximum absolute atomic E-state index is 12.6. The minimum Gasteiger partial charge on any atom is -0.352 e. The summed E-state index contributed by atoms with van der Waals surface area (Å²) in [5.74, 6) is -0.0822. The van der Waals surface area contributed by atoms with Gasteiger partial charge in [0.25, 0.3) is 5.91 Å². The molecule has 116 valence electrons. The second-order valence-corrected chi connectivity index (χ2v) is 5.09. The second-order valence-electron chi connectivity index (χ2n) is 5.09. The van der Waals surface area contributed by atoms with Crippen LogP contribution in [0, 0.1) is 0 Å². The van der Waals surface area contributed by atoms with Gasteiger partial charge in [-0.05, 0) is 42.8 Å². The highest BCUT2D eigenvalue weighted by molar-refractivity contribution is 6.00. The fourth-order valence-corrected chi connectivity index (χ4v) is 2.27. The molecule has 0 unspecified atom stereocenters. The number of carbonyl (C=O) groups excluding carboxylic acids is 1. The molecule has 0 bridgehead atoms. The first-order valence-corrected chi connectivity index (χ1v) is 7.43. The van der Waals surface area contributed by atoms with E-state index in [1.807, 2.05) is 43.4 Å². The Kier molecular flexibility index (Phi) is 6.10. The number of hydrogen-bond donors (Lipinski definition) is 2. The minimum atomic E-state index is -0.478. The average Bonchev–Trinajstić information content (AvgIpc) is 2.58. The van der Waals surface area contributed by atoms with E-state index in [-0.39, 0.29) is 5.91 Å². The summed E-state index contributed by atoms with van der Waals surface area (Å²) in [6.07, 6.45) is 0.885. The van der Waals surface area contributed by atoms with Gasteiger partial charge in [-0.25, -0.2) is 4.39 Å². The fourth-order valence-electron chi connectivity index (χ4n) is 2.27. The van der Waals surface area contributed by atoms with Gasteiger partial charge in [-0.2, -0.15) is 0 Å². The van der Waals surface area contributed by atoms with Crippen LogP contribution in [0.4, 0.5) is 4.39 Å². The number of hydrogen-bond acceptors (Lipinski definition) is 2. The maximum Gasteiger partial charge on any atom is 0.251 e. The summed E-state index contributed by atoms with van der Waals surface area (Å²) in [6, 6.07) is 14.7. The molecule has 2 aromatic rings. The smallest absolute Gasteiger partial charge is 0.251 e. The highest BCUT2D eigenvalue weighted by Gasteiger charge is 2.11. The number of carbonyl (C=O) groups is 1. The molecule has 0 heterocycles. The molecule has 0 aliphatic heterocycles. The van der Waals surface area contributed by atoms with Gasteiger partial charge in [0.2, 0.25) is 0 Å². The molecule has 22 heavy (non-hydrogen) atoms. The van der Waals surface area contributed by atoms with E-state index >= 15 is 0 Å². The quantitative estimate of drug-likeness (QED) is 0.771. The Balaban J connectivity index is 2.16. The summed E-state index contributed by atoms with van der Waals surface area (Å²) in [5.41, 5.74) is 3.05. The molecule has 0 spiro atoms. The standard InChI is InChI=1S/C18H21FN2O/c1-20-11-4-12-21-18(22)17-6-3-2-5-16(17)15-9-7-14(13-19)8-10-15/h2-3,5-10,20H,4,11-13H2,1H3,(H,21,22). The Hall–Kier alpha value is -2.20. The summed E-state index contributed by atoms with van der Waals surface area (Å²) >= 11 is 0. The monoisotopic (exact) mass is 300 g/mol. The van der Waals surface area contributed by atoms with Crippen molar-refractivity contribution >= 4 is 5.91 Å². The van der Waals surface area contributed by atoms with E-state index in [0.717, 1.165) is 24.1 Å². The molecule has 0 aromatic heterocycles. The molecule has 0 saturated carbocycles. The predicted octanol–water partition coefficient (Wildman–Crippen LogP) is 3.16. The Bertz CT molecular complexity index is 611. The Morgan fingerprint density at radius 3 is 2.45 bits per heavy atom. The minimum absolute atomic E-state index is 0.0822. The van der Waals surface area contributed by atoms with Crippen LogP contribution in [0.15, 0.2) is 48.5 Å². The predicted molar refractivity (Wildman–Crippen MR) is 87.6 cm³/mol. The molecule has 0 aliphatic rings. The lowest BCUT2D eigenvalue weighted by Crippen LogP contribution is -2.27. The fraction of sp³-hybridized carbons (Fsp3) is 0.278. The molecular formula is C18H21FN2O. The summed E-state index contributed by atoms with van der Waals surface area (Å²) < 4.78 is 12.6. The van der Waals surface area contributed by atoms with Crippen LogP contribution >= 0.6 is 0 Å². The first kappa shape index (κ1) is 16.2. The van der Waals surface area contributed by atoms with Crippen LogP contribution in [0.2, 0.25) is 0 Å². The van der Waals surface area contributed by atoms with Crippen molar-refractivity contribution in [2.75, 3.05) is 20.1 Å². The Labute approximate surface area is 130 Å². The van der Waals surface area contributed by atoms with Crippen LogP contribution in [0.5, 0.6) is 0 Å². The highest BCUT2D eigenvalue weighted by atomic mass is 19.1. The van der Waals surface area contributed by atoms with E-state index in [9.17, 15) is 9.18 Å². The van der Waals surface area contributed by atoms with Gasteiger partial charge < -0.3 is 10.6 Å². The van der Waals surface area contributed by atoms with E-state index in [0.29, 0.717) is 17.7 Å². The van der Waals surface area contributed by atoms with E-state index in [4.69, 9.17) is 0 Å². The molecule has 2 N–H and O–H groups in total. The van der Waals surface area contributed by atoms with Crippen molar-refractivity contribution < 1.29 is 9.18 Å². The van der Waals surface area contributed by atoms with Crippen LogP contribution in [0.25, 0.3) is 11.1 Å². The van der Waals surface area contributed by atoms with Crippen molar-refractivity contribution in [3.63, 3.8) is 0 Å². The lowest BCUT2D eigenvalue weighted by Gasteiger charge is -2.11. The first-order chi connectivity index (χ1) is 10.8. The van der Waals surface area contributed by atoms with Crippen molar-refractivity contribution in [1.82, 2.24) is 10.6 Å². The molecule has 2 rings (SSSR count). The molecule has 0 fully saturated rings. The normalized spacial score (nSPS) is 10.5. The molecule has 1 amide bonds. The van der Waals surface area contributed by atoms with Crippen molar-refractivity contribution in [3.05, 3.63) is 59.7 Å². The van der Waals surface area contributed by atoms with E-state index in [1.54, 1.807) is 12.1 Å². The van der Waals surface area contributed by atoms with Crippen LogP contribution < -0.4 is 10.6 Å². The van der Waals surface area contributed by atoms with E-state index in [1.165, 1.54) is 0 Å². The second kappa shape index (κ2) is 8.29.